The van der Waals surface area contributed by atoms with E-state index in [2.05, 4.69) is 139 Å². The summed E-state index contributed by atoms with van der Waals surface area (Å²) in [5.41, 5.74) is 8.10. The molecule has 0 heterocycles. The Labute approximate surface area is 204 Å². The van der Waals surface area contributed by atoms with Gasteiger partial charge in [-0.25, -0.2) is 0 Å². The Morgan fingerprint density at radius 3 is 1.52 bits per heavy atom. The first-order chi connectivity index (χ1) is 15.6. The van der Waals surface area contributed by atoms with E-state index < -0.39 is 0 Å². The van der Waals surface area contributed by atoms with Crippen molar-refractivity contribution in [3.63, 3.8) is 0 Å². The van der Waals surface area contributed by atoms with Crippen molar-refractivity contribution in [2.75, 3.05) is 0 Å². The van der Waals surface area contributed by atoms with Crippen molar-refractivity contribution in [2.24, 2.45) is 0 Å². The Bertz CT molecular complexity index is 1200. The first kappa shape index (κ1) is 23.4. The average Bonchev–Trinajstić information content (AvgIpc) is 2.79. The van der Waals surface area contributed by atoms with Crippen molar-refractivity contribution in [1.82, 2.24) is 0 Å². The van der Waals surface area contributed by atoms with Crippen LogP contribution >= 0.6 is 11.8 Å². The maximum absolute atomic E-state index is 2.29. The number of benzene rings is 4. The maximum Gasteiger partial charge on any atom is 0.0207 e. The highest BCUT2D eigenvalue weighted by Crippen LogP contribution is 2.42. The molecule has 33 heavy (non-hydrogen) atoms. The Balaban J connectivity index is 1.85. The minimum Gasteiger partial charge on any atom is -0.0894 e. The molecule has 0 fully saturated rings. The van der Waals surface area contributed by atoms with E-state index in [0.717, 1.165) is 0 Å². The second-order valence-electron chi connectivity index (χ2n) is 10.7. The van der Waals surface area contributed by atoms with Gasteiger partial charge in [0.15, 0.2) is 0 Å². The van der Waals surface area contributed by atoms with Crippen LogP contribution in [0.3, 0.4) is 0 Å². The molecule has 168 valence electrons. The molecule has 0 N–H and O–H groups in total. The van der Waals surface area contributed by atoms with Crippen LogP contribution < -0.4 is 0 Å². The van der Waals surface area contributed by atoms with Gasteiger partial charge in [-0.2, -0.15) is 0 Å². The summed E-state index contributed by atoms with van der Waals surface area (Å²) < 4.78 is 0. The molecule has 0 saturated carbocycles. The third-order valence-electron chi connectivity index (χ3n) is 6.10. The zero-order chi connectivity index (χ0) is 23.6. The van der Waals surface area contributed by atoms with Crippen molar-refractivity contribution < 1.29 is 0 Å². The van der Waals surface area contributed by atoms with E-state index >= 15 is 0 Å². The van der Waals surface area contributed by atoms with E-state index in [1.807, 2.05) is 11.8 Å². The van der Waals surface area contributed by atoms with Crippen LogP contribution in [0.5, 0.6) is 0 Å². The molecule has 0 aliphatic heterocycles. The lowest BCUT2D eigenvalue weighted by Gasteiger charge is -2.21. The fraction of sp³-hybridized carbons (Fsp3) is 0.250. The molecule has 0 spiro atoms. The summed E-state index contributed by atoms with van der Waals surface area (Å²) in [5, 5.41) is 0. The largest absolute Gasteiger partial charge is 0.0894 e. The van der Waals surface area contributed by atoms with Crippen LogP contribution in [0.4, 0.5) is 0 Å². The second kappa shape index (κ2) is 9.23. The van der Waals surface area contributed by atoms with E-state index in [4.69, 9.17) is 0 Å². The van der Waals surface area contributed by atoms with Crippen molar-refractivity contribution in [3.8, 4) is 22.3 Å². The van der Waals surface area contributed by atoms with Gasteiger partial charge in [0.05, 0.1) is 0 Å². The van der Waals surface area contributed by atoms with Gasteiger partial charge in [-0.05, 0) is 56.8 Å². The summed E-state index contributed by atoms with van der Waals surface area (Å²) in [6.45, 7) is 13.6. The summed E-state index contributed by atoms with van der Waals surface area (Å²) in [7, 11) is 0. The SMILES string of the molecule is CC(C)(C)c1ccc(-c2cccc(Sc3ccccc3)c2-c2ccc(C(C)(C)C)cc2)cc1. The Hall–Kier alpha value is -2.77. The zero-order valence-electron chi connectivity index (χ0n) is 20.6. The predicted octanol–water partition coefficient (Wildman–Crippen LogP) is 9.77. The molecule has 4 rings (SSSR count). The molecule has 0 saturated heterocycles. The van der Waals surface area contributed by atoms with Gasteiger partial charge in [0, 0.05) is 15.4 Å². The lowest BCUT2D eigenvalue weighted by molar-refractivity contribution is 0.590. The lowest BCUT2D eigenvalue weighted by Crippen LogP contribution is -2.10. The van der Waals surface area contributed by atoms with E-state index in [-0.39, 0.29) is 10.8 Å². The molecule has 4 aromatic rings. The highest BCUT2D eigenvalue weighted by atomic mass is 32.2. The molecular formula is C32H34S. The molecule has 0 bridgehead atoms. The number of hydrogen-bond donors (Lipinski definition) is 0. The molecule has 4 aromatic carbocycles. The highest BCUT2D eigenvalue weighted by Gasteiger charge is 2.18. The smallest absolute Gasteiger partial charge is 0.0207 e. The summed E-state index contributed by atoms with van der Waals surface area (Å²) in [5.74, 6) is 0. The fourth-order valence-electron chi connectivity index (χ4n) is 4.06. The summed E-state index contributed by atoms with van der Waals surface area (Å²) in [4.78, 5) is 2.53. The van der Waals surface area contributed by atoms with E-state index in [1.165, 1.54) is 43.2 Å². The summed E-state index contributed by atoms with van der Waals surface area (Å²) >= 11 is 1.84. The first-order valence-electron chi connectivity index (χ1n) is 11.7. The van der Waals surface area contributed by atoms with E-state index in [0.29, 0.717) is 0 Å². The lowest BCUT2D eigenvalue weighted by atomic mass is 9.84. The highest BCUT2D eigenvalue weighted by molar-refractivity contribution is 7.99. The second-order valence-corrected chi connectivity index (χ2v) is 11.9. The quantitative estimate of drug-likeness (QED) is 0.298. The monoisotopic (exact) mass is 450 g/mol. The van der Waals surface area contributed by atoms with Crippen molar-refractivity contribution in [2.45, 2.75) is 62.2 Å². The minimum atomic E-state index is 0.141. The van der Waals surface area contributed by atoms with Crippen LogP contribution in [0.25, 0.3) is 22.3 Å². The van der Waals surface area contributed by atoms with Crippen LogP contribution in [0.1, 0.15) is 52.7 Å². The Morgan fingerprint density at radius 1 is 0.485 bits per heavy atom. The molecule has 0 aromatic heterocycles. The number of rotatable bonds is 4. The Kier molecular flexibility index (Phi) is 6.54. The Morgan fingerprint density at radius 2 is 1.00 bits per heavy atom. The van der Waals surface area contributed by atoms with Crippen LogP contribution in [-0.2, 0) is 10.8 Å². The molecular weight excluding hydrogens is 416 g/mol. The van der Waals surface area contributed by atoms with Gasteiger partial charge in [0.2, 0.25) is 0 Å². The normalized spacial score (nSPS) is 12.1. The van der Waals surface area contributed by atoms with Crippen molar-refractivity contribution >= 4 is 11.8 Å². The van der Waals surface area contributed by atoms with Crippen LogP contribution in [0.15, 0.2) is 107 Å². The first-order valence-corrected chi connectivity index (χ1v) is 12.5. The van der Waals surface area contributed by atoms with E-state index in [9.17, 15) is 0 Å². The fourth-order valence-corrected chi connectivity index (χ4v) is 5.08. The van der Waals surface area contributed by atoms with Gasteiger partial charge in [0.1, 0.15) is 0 Å². The standard InChI is InChI=1S/C32H34S/c1-31(2,3)25-19-15-23(16-20-25)28-13-10-14-29(33-27-11-8-7-9-12-27)30(28)24-17-21-26(22-18-24)32(4,5)6/h7-22H,1-6H3. The van der Waals surface area contributed by atoms with Gasteiger partial charge in [0.25, 0.3) is 0 Å². The van der Waals surface area contributed by atoms with Crippen molar-refractivity contribution in [1.29, 1.82) is 0 Å². The van der Waals surface area contributed by atoms with Crippen LogP contribution in [0, 0.1) is 0 Å². The average molecular weight is 451 g/mol. The molecule has 0 radical (unpaired) electrons. The molecule has 0 nitrogen and oxygen atoms in total. The summed E-state index contributed by atoms with van der Waals surface area (Å²) in [6, 6.07) is 35.6. The molecule has 0 unspecified atom stereocenters. The van der Waals surface area contributed by atoms with Gasteiger partial charge in [-0.1, -0.05) is 132 Å². The molecule has 0 amide bonds. The topological polar surface area (TPSA) is 0 Å². The van der Waals surface area contributed by atoms with E-state index in [1.54, 1.807) is 0 Å². The van der Waals surface area contributed by atoms with Gasteiger partial charge < -0.3 is 0 Å². The van der Waals surface area contributed by atoms with Crippen LogP contribution in [0.2, 0.25) is 0 Å². The van der Waals surface area contributed by atoms with Gasteiger partial charge in [-0.3, -0.25) is 0 Å². The molecule has 1 heteroatoms. The molecule has 0 atom stereocenters. The van der Waals surface area contributed by atoms with Crippen molar-refractivity contribution in [3.05, 3.63) is 108 Å². The van der Waals surface area contributed by atoms with Crippen LogP contribution in [-0.4, -0.2) is 0 Å². The molecule has 0 aliphatic rings. The molecule has 0 aliphatic carbocycles. The zero-order valence-corrected chi connectivity index (χ0v) is 21.5. The number of hydrogen-bond acceptors (Lipinski definition) is 1. The predicted molar refractivity (Wildman–Crippen MR) is 145 cm³/mol. The minimum absolute atomic E-state index is 0.141. The third-order valence-corrected chi connectivity index (χ3v) is 7.17. The maximum atomic E-state index is 2.29. The van der Waals surface area contributed by atoms with Gasteiger partial charge in [-0.15, -0.1) is 0 Å². The van der Waals surface area contributed by atoms with Gasteiger partial charge >= 0.3 is 0 Å². The summed E-state index contributed by atoms with van der Waals surface area (Å²) in [6.07, 6.45) is 0. The third kappa shape index (κ3) is 5.42.